The molecule has 3 rings (SSSR count). The summed E-state index contributed by atoms with van der Waals surface area (Å²) in [6.45, 7) is 4.44. The number of hydrogen-bond acceptors (Lipinski definition) is 0. The summed E-state index contributed by atoms with van der Waals surface area (Å²) in [5.74, 6) is 6.59. The van der Waals surface area contributed by atoms with E-state index in [2.05, 4.69) is 86.4 Å². The summed E-state index contributed by atoms with van der Waals surface area (Å²) in [5, 5.41) is 2.59. The van der Waals surface area contributed by atoms with Gasteiger partial charge >= 0.3 is 0 Å². The molecule has 0 fully saturated rings. The zero-order valence-corrected chi connectivity index (χ0v) is 16.7. The van der Waals surface area contributed by atoms with E-state index in [0.717, 1.165) is 17.5 Å². The Balaban J connectivity index is 1.67. The molecule has 0 saturated heterocycles. The molecule has 0 N–H and O–H groups in total. The van der Waals surface area contributed by atoms with Gasteiger partial charge in [0.15, 0.2) is 0 Å². The molecule has 0 amide bonds. The van der Waals surface area contributed by atoms with E-state index in [1.54, 1.807) is 0 Å². The van der Waals surface area contributed by atoms with Crippen LogP contribution in [0, 0.1) is 11.8 Å². The first-order chi connectivity index (χ1) is 13.3. The molecule has 0 heteroatoms. The van der Waals surface area contributed by atoms with Crippen molar-refractivity contribution >= 4 is 10.8 Å². The average molecular weight is 355 g/mol. The van der Waals surface area contributed by atoms with Crippen LogP contribution in [0.4, 0.5) is 0 Å². The topological polar surface area (TPSA) is 0 Å². The lowest BCUT2D eigenvalue weighted by Crippen LogP contribution is -1.87. The van der Waals surface area contributed by atoms with E-state index in [1.165, 1.54) is 60.4 Å². The van der Waals surface area contributed by atoms with Crippen molar-refractivity contribution in [3.8, 4) is 11.8 Å². The van der Waals surface area contributed by atoms with E-state index in [9.17, 15) is 0 Å². The van der Waals surface area contributed by atoms with Crippen LogP contribution in [0.25, 0.3) is 10.8 Å². The Kier molecular flexibility index (Phi) is 7.11. The van der Waals surface area contributed by atoms with E-state index >= 15 is 0 Å². The summed E-state index contributed by atoms with van der Waals surface area (Å²) >= 11 is 0. The van der Waals surface area contributed by atoms with Crippen LogP contribution in [0.1, 0.15) is 68.2 Å². The number of fused-ring (bicyclic) bond motifs is 1. The predicted octanol–water partition coefficient (Wildman–Crippen LogP) is 7.31. The van der Waals surface area contributed by atoms with E-state index in [-0.39, 0.29) is 0 Å². The van der Waals surface area contributed by atoms with Crippen molar-refractivity contribution in [2.75, 3.05) is 0 Å². The fourth-order valence-corrected chi connectivity index (χ4v) is 3.43. The molecular weight excluding hydrogens is 324 g/mol. The molecule has 3 aromatic carbocycles. The van der Waals surface area contributed by atoms with Crippen molar-refractivity contribution in [3.05, 3.63) is 82.9 Å². The van der Waals surface area contributed by atoms with Crippen molar-refractivity contribution in [2.45, 2.75) is 58.8 Å². The maximum Gasteiger partial charge on any atom is 0.0255 e. The SMILES string of the molecule is CCCCCCCc1ccc2cc(C#Cc3ccc(CC)cc3)ccc2c1. The average Bonchev–Trinajstić information content (AvgIpc) is 2.72. The highest BCUT2D eigenvalue weighted by atomic mass is 14.0. The molecule has 0 aliphatic heterocycles. The maximum atomic E-state index is 3.31. The molecule has 0 saturated carbocycles. The molecule has 0 nitrogen and oxygen atoms in total. The third kappa shape index (κ3) is 5.73. The first-order valence-electron chi connectivity index (χ1n) is 10.4. The predicted molar refractivity (Wildman–Crippen MR) is 118 cm³/mol. The molecule has 3 aromatic rings. The normalized spacial score (nSPS) is 10.6. The Morgan fingerprint density at radius 2 is 1.22 bits per heavy atom. The van der Waals surface area contributed by atoms with E-state index in [1.807, 2.05) is 0 Å². The first-order valence-corrected chi connectivity index (χ1v) is 10.4. The summed E-state index contributed by atoms with van der Waals surface area (Å²) in [6.07, 6.45) is 8.95. The third-order valence-electron chi connectivity index (χ3n) is 5.19. The van der Waals surface area contributed by atoms with Crippen molar-refractivity contribution in [1.29, 1.82) is 0 Å². The van der Waals surface area contributed by atoms with E-state index in [0.29, 0.717) is 0 Å². The fraction of sp³-hybridized carbons (Fsp3) is 0.333. The van der Waals surface area contributed by atoms with Crippen LogP contribution in [0.5, 0.6) is 0 Å². The smallest absolute Gasteiger partial charge is 0.0255 e. The van der Waals surface area contributed by atoms with Crippen molar-refractivity contribution < 1.29 is 0 Å². The Morgan fingerprint density at radius 1 is 0.593 bits per heavy atom. The van der Waals surface area contributed by atoms with E-state index in [4.69, 9.17) is 0 Å². The van der Waals surface area contributed by atoms with Crippen LogP contribution in [0.15, 0.2) is 60.7 Å². The van der Waals surface area contributed by atoms with Gasteiger partial charge in [0.05, 0.1) is 0 Å². The molecule has 0 bridgehead atoms. The molecule has 0 heterocycles. The number of unbranched alkanes of at least 4 members (excludes halogenated alkanes) is 4. The maximum absolute atomic E-state index is 3.31. The van der Waals surface area contributed by atoms with Crippen molar-refractivity contribution in [2.24, 2.45) is 0 Å². The van der Waals surface area contributed by atoms with Crippen LogP contribution in [-0.4, -0.2) is 0 Å². The lowest BCUT2D eigenvalue weighted by molar-refractivity contribution is 0.632. The number of benzene rings is 3. The summed E-state index contributed by atoms with van der Waals surface area (Å²) in [6, 6.07) is 22.0. The number of aryl methyl sites for hydroxylation is 2. The Bertz CT molecular complexity index is 920. The van der Waals surface area contributed by atoms with Gasteiger partial charge in [0.1, 0.15) is 0 Å². The van der Waals surface area contributed by atoms with Crippen molar-refractivity contribution in [1.82, 2.24) is 0 Å². The minimum atomic E-state index is 1.07. The zero-order chi connectivity index (χ0) is 18.9. The second-order valence-electron chi connectivity index (χ2n) is 7.36. The minimum absolute atomic E-state index is 1.07. The fourth-order valence-electron chi connectivity index (χ4n) is 3.43. The summed E-state index contributed by atoms with van der Waals surface area (Å²) in [4.78, 5) is 0. The quantitative estimate of drug-likeness (QED) is 0.308. The second kappa shape index (κ2) is 9.98. The molecule has 0 radical (unpaired) electrons. The van der Waals surface area contributed by atoms with Crippen LogP contribution in [0.2, 0.25) is 0 Å². The largest absolute Gasteiger partial charge is 0.0654 e. The minimum Gasteiger partial charge on any atom is -0.0654 e. The molecule has 0 aliphatic rings. The van der Waals surface area contributed by atoms with Gasteiger partial charge in [-0.3, -0.25) is 0 Å². The lowest BCUT2D eigenvalue weighted by atomic mass is 10.0. The van der Waals surface area contributed by atoms with Gasteiger partial charge in [0, 0.05) is 11.1 Å². The van der Waals surface area contributed by atoms with Gasteiger partial charge in [0.25, 0.3) is 0 Å². The highest BCUT2D eigenvalue weighted by molar-refractivity contribution is 5.84. The summed E-state index contributed by atoms with van der Waals surface area (Å²) in [5.41, 5.74) is 4.96. The Labute approximate surface area is 164 Å². The molecule has 0 unspecified atom stereocenters. The highest BCUT2D eigenvalue weighted by Gasteiger charge is 1.99. The second-order valence-corrected chi connectivity index (χ2v) is 7.36. The molecular formula is C27H30. The zero-order valence-electron chi connectivity index (χ0n) is 16.7. The van der Waals surface area contributed by atoms with Crippen molar-refractivity contribution in [3.63, 3.8) is 0 Å². The molecule has 0 aliphatic carbocycles. The third-order valence-corrected chi connectivity index (χ3v) is 5.19. The van der Waals surface area contributed by atoms with Gasteiger partial charge in [-0.1, -0.05) is 87.8 Å². The number of rotatable bonds is 7. The summed E-state index contributed by atoms with van der Waals surface area (Å²) in [7, 11) is 0. The van der Waals surface area contributed by atoms with Gasteiger partial charge in [0.2, 0.25) is 0 Å². The van der Waals surface area contributed by atoms with Gasteiger partial charge in [-0.15, -0.1) is 0 Å². The van der Waals surface area contributed by atoms with E-state index < -0.39 is 0 Å². The standard InChI is InChI=1S/C27H30/c1-3-5-6-7-8-9-24-16-18-27-21-25(17-19-26(27)20-24)15-14-23-12-10-22(4-2)11-13-23/h10-13,16-21H,3-9H2,1-2H3. The monoisotopic (exact) mass is 354 g/mol. The van der Waals surface area contributed by atoms with Crippen LogP contribution < -0.4 is 0 Å². The van der Waals surface area contributed by atoms with Gasteiger partial charge in [-0.25, -0.2) is 0 Å². The van der Waals surface area contributed by atoms with Gasteiger partial charge < -0.3 is 0 Å². The van der Waals surface area contributed by atoms with Gasteiger partial charge in [-0.2, -0.15) is 0 Å². The molecule has 27 heavy (non-hydrogen) atoms. The Morgan fingerprint density at radius 3 is 2.00 bits per heavy atom. The number of hydrogen-bond donors (Lipinski definition) is 0. The molecule has 0 spiro atoms. The first kappa shape index (κ1) is 19.2. The Hall–Kier alpha value is -2.52. The van der Waals surface area contributed by atoms with Crippen LogP contribution in [0.3, 0.4) is 0 Å². The molecule has 138 valence electrons. The highest BCUT2D eigenvalue weighted by Crippen LogP contribution is 2.19. The molecule has 0 atom stereocenters. The molecule has 0 aromatic heterocycles. The van der Waals surface area contributed by atoms with Crippen LogP contribution >= 0.6 is 0 Å². The van der Waals surface area contributed by atoms with Gasteiger partial charge in [-0.05, 0) is 65.4 Å². The lowest BCUT2D eigenvalue weighted by Gasteiger charge is -2.05. The summed E-state index contributed by atoms with van der Waals surface area (Å²) < 4.78 is 0. The van der Waals surface area contributed by atoms with Crippen LogP contribution in [-0.2, 0) is 12.8 Å².